The second kappa shape index (κ2) is 8.45. The minimum Gasteiger partial charge on any atom is -0.460 e. The third-order valence-corrected chi connectivity index (χ3v) is 3.01. The van der Waals surface area contributed by atoms with E-state index >= 15 is 0 Å². The lowest BCUT2D eigenvalue weighted by molar-refractivity contribution is -0.155. The Kier molecular flexibility index (Phi) is 6.93. The molecule has 0 aliphatic carbocycles. The van der Waals surface area contributed by atoms with Crippen molar-refractivity contribution in [2.75, 3.05) is 13.1 Å². The fraction of sp³-hybridized carbons (Fsp3) is 0.625. The first-order chi connectivity index (χ1) is 10.7. The van der Waals surface area contributed by atoms with E-state index < -0.39 is 5.60 Å². The Labute approximate surface area is 136 Å². The Hall–Kier alpha value is -2.18. The number of imide groups is 1. The topological polar surface area (TPSA) is 92.8 Å². The average molecular weight is 324 g/mol. The molecule has 7 nitrogen and oxygen atoms in total. The minimum absolute atomic E-state index is 0.161. The normalized spacial score (nSPS) is 14.3. The number of nitrogens with zero attached hydrogens (tertiary/aromatic N) is 1. The Morgan fingerprint density at radius 1 is 1.09 bits per heavy atom. The lowest BCUT2D eigenvalue weighted by Gasteiger charge is -2.19. The summed E-state index contributed by atoms with van der Waals surface area (Å²) in [6, 6.07) is 0. The van der Waals surface area contributed by atoms with Gasteiger partial charge in [-0.05, 0) is 33.6 Å². The second-order valence-electron chi connectivity index (χ2n) is 6.30. The molecular weight excluding hydrogens is 300 g/mol. The average Bonchev–Trinajstić information content (AvgIpc) is 2.73. The maximum Gasteiger partial charge on any atom is 0.306 e. The van der Waals surface area contributed by atoms with E-state index in [9.17, 15) is 19.2 Å². The fourth-order valence-corrected chi connectivity index (χ4v) is 1.99. The van der Waals surface area contributed by atoms with Crippen molar-refractivity contribution in [3.63, 3.8) is 0 Å². The predicted molar refractivity (Wildman–Crippen MR) is 83.2 cm³/mol. The summed E-state index contributed by atoms with van der Waals surface area (Å²) in [5.41, 5.74) is -0.492. The molecule has 0 bridgehead atoms. The third-order valence-electron chi connectivity index (χ3n) is 3.01. The highest BCUT2D eigenvalue weighted by Crippen LogP contribution is 2.10. The number of esters is 1. The van der Waals surface area contributed by atoms with Crippen LogP contribution in [-0.4, -0.2) is 47.3 Å². The highest BCUT2D eigenvalue weighted by molar-refractivity contribution is 6.12. The number of unbranched alkanes of at least 4 members (excludes halogenated alkanes) is 1. The van der Waals surface area contributed by atoms with E-state index in [0.717, 1.165) is 4.90 Å². The first-order valence-corrected chi connectivity index (χ1v) is 7.71. The van der Waals surface area contributed by atoms with Gasteiger partial charge in [0, 0.05) is 38.1 Å². The molecule has 7 heteroatoms. The second-order valence-corrected chi connectivity index (χ2v) is 6.30. The molecule has 1 heterocycles. The fourth-order valence-electron chi connectivity index (χ4n) is 1.99. The highest BCUT2D eigenvalue weighted by atomic mass is 16.6. The summed E-state index contributed by atoms with van der Waals surface area (Å²) in [7, 11) is 0. The van der Waals surface area contributed by atoms with Crippen LogP contribution in [0.15, 0.2) is 12.2 Å². The molecule has 3 amide bonds. The molecule has 0 radical (unpaired) electrons. The van der Waals surface area contributed by atoms with Gasteiger partial charge in [-0.15, -0.1) is 0 Å². The van der Waals surface area contributed by atoms with Crippen LogP contribution >= 0.6 is 0 Å². The predicted octanol–water partition coefficient (Wildman–Crippen LogP) is 0.930. The quantitative estimate of drug-likeness (QED) is 0.407. The van der Waals surface area contributed by atoms with E-state index in [1.54, 1.807) is 0 Å². The number of amides is 3. The van der Waals surface area contributed by atoms with Crippen molar-refractivity contribution >= 4 is 23.7 Å². The van der Waals surface area contributed by atoms with Crippen LogP contribution in [0.4, 0.5) is 0 Å². The lowest BCUT2D eigenvalue weighted by Crippen LogP contribution is -2.38. The molecule has 1 rings (SSSR count). The van der Waals surface area contributed by atoms with E-state index in [-0.39, 0.29) is 43.2 Å². The molecule has 0 unspecified atom stereocenters. The van der Waals surface area contributed by atoms with Gasteiger partial charge in [-0.1, -0.05) is 0 Å². The molecule has 1 aliphatic heterocycles. The maximum absolute atomic E-state index is 11.6. The van der Waals surface area contributed by atoms with Gasteiger partial charge in [0.05, 0.1) is 0 Å². The number of nitrogens with one attached hydrogen (secondary N) is 1. The molecule has 1 aliphatic rings. The maximum atomic E-state index is 11.6. The van der Waals surface area contributed by atoms with Crippen LogP contribution < -0.4 is 5.32 Å². The summed E-state index contributed by atoms with van der Waals surface area (Å²) in [5.74, 6) is -1.15. The number of carbonyl (C=O) groups is 4. The molecule has 0 aromatic heterocycles. The standard InChI is InChI=1S/C16H24N2O5/c1-16(2,3)23-15(22)7-5-4-6-12(19)17-10-11-18-13(20)8-9-14(18)21/h8-9H,4-7,10-11H2,1-3H3,(H,17,19). The third kappa shape index (κ3) is 7.58. The Morgan fingerprint density at radius 3 is 2.22 bits per heavy atom. The molecule has 23 heavy (non-hydrogen) atoms. The van der Waals surface area contributed by atoms with Crippen molar-refractivity contribution in [2.45, 2.75) is 52.1 Å². The smallest absolute Gasteiger partial charge is 0.306 e. The van der Waals surface area contributed by atoms with Crippen LogP contribution in [0.25, 0.3) is 0 Å². The molecule has 1 N–H and O–H groups in total. The van der Waals surface area contributed by atoms with Gasteiger partial charge in [0.2, 0.25) is 5.91 Å². The van der Waals surface area contributed by atoms with E-state index in [1.807, 2.05) is 20.8 Å². The molecule has 0 fully saturated rings. The molecule has 0 atom stereocenters. The highest BCUT2D eigenvalue weighted by Gasteiger charge is 2.22. The summed E-state index contributed by atoms with van der Waals surface area (Å²) in [6.07, 6.45) is 4.15. The van der Waals surface area contributed by atoms with Gasteiger partial charge in [-0.25, -0.2) is 0 Å². The van der Waals surface area contributed by atoms with Crippen molar-refractivity contribution in [3.8, 4) is 0 Å². The van der Waals surface area contributed by atoms with E-state index in [0.29, 0.717) is 19.3 Å². The summed E-state index contributed by atoms with van der Waals surface area (Å²) in [5, 5.41) is 2.65. The molecule has 0 spiro atoms. The van der Waals surface area contributed by atoms with Crippen LogP contribution in [0.5, 0.6) is 0 Å². The zero-order chi connectivity index (χ0) is 17.5. The van der Waals surface area contributed by atoms with Crippen LogP contribution in [-0.2, 0) is 23.9 Å². The van der Waals surface area contributed by atoms with Gasteiger partial charge < -0.3 is 10.1 Å². The van der Waals surface area contributed by atoms with Crippen LogP contribution in [0.2, 0.25) is 0 Å². The molecule has 0 aromatic carbocycles. The minimum atomic E-state index is -0.492. The van der Waals surface area contributed by atoms with Crippen LogP contribution in [0, 0.1) is 0 Å². The zero-order valence-corrected chi connectivity index (χ0v) is 13.9. The van der Waals surface area contributed by atoms with Gasteiger partial charge in [0.1, 0.15) is 5.60 Å². The van der Waals surface area contributed by atoms with Crippen molar-refractivity contribution in [1.29, 1.82) is 0 Å². The van der Waals surface area contributed by atoms with Gasteiger partial charge >= 0.3 is 5.97 Å². The largest absolute Gasteiger partial charge is 0.460 e. The molecule has 0 saturated carbocycles. The first kappa shape index (κ1) is 18.9. The SMILES string of the molecule is CC(C)(C)OC(=O)CCCCC(=O)NCCN1C(=O)C=CC1=O. The van der Waals surface area contributed by atoms with Crippen molar-refractivity contribution in [2.24, 2.45) is 0 Å². The number of rotatable bonds is 8. The zero-order valence-electron chi connectivity index (χ0n) is 13.9. The number of ether oxygens (including phenoxy) is 1. The van der Waals surface area contributed by atoms with Crippen molar-refractivity contribution in [1.82, 2.24) is 10.2 Å². The van der Waals surface area contributed by atoms with E-state index in [1.165, 1.54) is 12.2 Å². The summed E-state index contributed by atoms with van der Waals surface area (Å²) in [6.45, 7) is 5.82. The summed E-state index contributed by atoms with van der Waals surface area (Å²) < 4.78 is 5.17. The molecule has 0 saturated heterocycles. The van der Waals surface area contributed by atoms with Gasteiger partial charge in [0.15, 0.2) is 0 Å². The van der Waals surface area contributed by atoms with E-state index in [4.69, 9.17) is 4.74 Å². The van der Waals surface area contributed by atoms with E-state index in [2.05, 4.69) is 5.32 Å². The number of hydrogen-bond donors (Lipinski definition) is 1. The van der Waals surface area contributed by atoms with Gasteiger partial charge in [0.25, 0.3) is 11.8 Å². The van der Waals surface area contributed by atoms with Crippen molar-refractivity contribution in [3.05, 3.63) is 12.2 Å². The van der Waals surface area contributed by atoms with Crippen LogP contribution in [0.1, 0.15) is 46.5 Å². The number of hydrogen-bond acceptors (Lipinski definition) is 5. The lowest BCUT2D eigenvalue weighted by atomic mass is 10.1. The Balaban J connectivity index is 2.08. The van der Waals surface area contributed by atoms with Crippen molar-refractivity contribution < 1.29 is 23.9 Å². The summed E-state index contributed by atoms with van der Waals surface area (Å²) >= 11 is 0. The molecular formula is C16H24N2O5. The van der Waals surface area contributed by atoms with Gasteiger partial charge in [-0.2, -0.15) is 0 Å². The molecule has 0 aromatic rings. The van der Waals surface area contributed by atoms with Gasteiger partial charge in [-0.3, -0.25) is 24.1 Å². The molecule has 128 valence electrons. The Morgan fingerprint density at radius 2 is 1.65 bits per heavy atom. The number of carbonyl (C=O) groups excluding carboxylic acids is 4. The first-order valence-electron chi connectivity index (χ1n) is 7.71. The monoisotopic (exact) mass is 324 g/mol. The van der Waals surface area contributed by atoms with Crippen LogP contribution in [0.3, 0.4) is 0 Å². The summed E-state index contributed by atoms with van der Waals surface area (Å²) in [4.78, 5) is 46.8. The Bertz CT molecular complexity index is 487.